The van der Waals surface area contributed by atoms with Gasteiger partial charge in [-0.2, -0.15) is 12.6 Å². The number of thiocarbonyl (C=S) groups is 3. The van der Waals surface area contributed by atoms with Crippen molar-refractivity contribution >= 4 is 105 Å². The summed E-state index contributed by atoms with van der Waals surface area (Å²) in [6, 6.07) is 62.9. The molecule has 0 N–H and O–H groups in total. The van der Waals surface area contributed by atoms with E-state index in [1.54, 1.807) is 32.4 Å². The number of rotatable bonds is 14. The van der Waals surface area contributed by atoms with Gasteiger partial charge in [0.2, 0.25) is 0 Å². The third-order valence-corrected chi connectivity index (χ3v) is 15.9. The van der Waals surface area contributed by atoms with Gasteiger partial charge in [-0.1, -0.05) is 257 Å². The molecule has 0 amide bonds. The van der Waals surface area contributed by atoms with E-state index in [-0.39, 0.29) is 0 Å². The van der Waals surface area contributed by atoms with Gasteiger partial charge in [0.1, 0.15) is 13.0 Å². The Kier molecular flexibility index (Phi) is 24.8. The van der Waals surface area contributed by atoms with Crippen molar-refractivity contribution < 1.29 is 0 Å². The van der Waals surface area contributed by atoms with Crippen LogP contribution in [0.4, 0.5) is 0 Å². The van der Waals surface area contributed by atoms with Crippen LogP contribution in [-0.2, 0) is 39.3 Å². The van der Waals surface area contributed by atoms with E-state index in [2.05, 4.69) is 187 Å². The molecule has 6 aromatic carbocycles. The number of hydrogen-bond acceptors (Lipinski definition) is 8. The second-order valence-corrected chi connectivity index (χ2v) is 22.6. The lowest BCUT2D eigenvalue weighted by Gasteiger charge is -2.27. The Balaban J connectivity index is 0.000000276. The summed E-state index contributed by atoms with van der Waals surface area (Å²) in [7, 11) is 6.67. The van der Waals surface area contributed by atoms with Gasteiger partial charge in [-0.3, -0.25) is 0 Å². The Labute approximate surface area is 409 Å². The minimum Gasteiger partial charge on any atom is -0.348 e. The molecule has 3 nitrogen and oxygen atoms in total. The molecule has 0 fully saturated rings. The van der Waals surface area contributed by atoms with Crippen LogP contribution < -0.4 is 0 Å². The van der Waals surface area contributed by atoms with Crippen molar-refractivity contribution in [3.63, 3.8) is 0 Å². The van der Waals surface area contributed by atoms with Gasteiger partial charge in [0.15, 0.2) is 0 Å². The van der Waals surface area contributed by atoms with Gasteiger partial charge < -0.3 is 14.7 Å². The quantitative estimate of drug-likeness (QED) is 0.0639. The van der Waals surface area contributed by atoms with E-state index < -0.39 is 0 Å². The van der Waals surface area contributed by atoms with E-state index in [0.29, 0.717) is 10.5 Å². The molecule has 0 atom stereocenters. The Bertz CT molecular complexity index is 1900. The van der Waals surface area contributed by atoms with Crippen molar-refractivity contribution in [2.24, 2.45) is 0 Å². The minimum atomic E-state index is 0.528. The van der Waals surface area contributed by atoms with E-state index in [1.165, 1.54) is 33.4 Å². The number of thiol groups is 1. The summed E-state index contributed by atoms with van der Waals surface area (Å²) in [4.78, 5) is 6.78. The smallest absolute Gasteiger partial charge is 0.148 e. The van der Waals surface area contributed by atoms with E-state index in [9.17, 15) is 0 Å². The normalized spacial score (nSPS) is 10.5. The van der Waals surface area contributed by atoms with Crippen molar-refractivity contribution in [3.8, 4) is 0 Å². The topological polar surface area (TPSA) is 9.72 Å². The summed E-state index contributed by atoms with van der Waals surface area (Å²) < 4.78 is 2.61. The molecule has 0 aliphatic heterocycles. The van der Waals surface area contributed by atoms with Crippen LogP contribution in [0.15, 0.2) is 182 Å². The Morgan fingerprint density at radius 2 is 0.548 bits per heavy atom. The van der Waals surface area contributed by atoms with Gasteiger partial charge in [-0.25, -0.2) is 0 Å². The molecule has 11 heteroatoms. The zero-order chi connectivity index (χ0) is 44.4. The maximum atomic E-state index is 5.93. The van der Waals surface area contributed by atoms with Crippen LogP contribution >= 0.6 is 92.5 Å². The third kappa shape index (κ3) is 21.4. The standard InChI is InChI=1S/C30H28N2S4.C18H21NS3.C3H8S/c33-29(31(21-25-13-5-1-6-14-25)22-26-15-7-2-8-16-26)35-36-30(34)32(23-27-17-9-3-10-18-27)24-28-19-11-4-12-20-28;1-15(2)21-22-18(20)19(13-16-9-5-3-6-10-16)14-17-11-7-4-8-12-17;1-3(2)4/h1-20H,21-24H2;3-12,15H,13-14H2,1-2H3;3-4H,1-2H3. The second-order valence-electron chi connectivity index (χ2n) is 14.8. The maximum Gasteiger partial charge on any atom is 0.148 e. The average Bonchev–Trinajstić information content (AvgIpc) is 3.29. The van der Waals surface area contributed by atoms with Crippen LogP contribution in [0, 0.1) is 0 Å². The molecular formula is C51H57N3S8. The molecule has 0 saturated heterocycles. The molecule has 0 heterocycles. The number of nitrogens with zero attached hydrogens (tertiary/aromatic N) is 3. The first kappa shape index (κ1) is 51.4. The fraction of sp³-hybridized carbons (Fsp3) is 0.235. The van der Waals surface area contributed by atoms with Crippen LogP contribution in [0.25, 0.3) is 0 Å². The van der Waals surface area contributed by atoms with Gasteiger partial charge >= 0.3 is 0 Å². The average molecular weight is 969 g/mol. The van der Waals surface area contributed by atoms with Crippen molar-refractivity contribution in [1.29, 1.82) is 0 Å². The van der Waals surface area contributed by atoms with E-state index in [0.717, 1.165) is 52.2 Å². The molecule has 0 saturated carbocycles. The molecule has 324 valence electrons. The van der Waals surface area contributed by atoms with Crippen molar-refractivity contribution in [2.75, 3.05) is 0 Å². The minimum absolute atomic E-state index is 0.528. The highest BCUT2D eigenvalue weighted by Crippen LogP contribution is 2.32. The summed E-state index contributed by atoms with van der Waals surface area (Å²) >= 11 is 21.5. The molecular weight excluding hydrogens is 911 g/mol. The highest BCUT2D eigenvalue weighted by molar-refractivity contribution is 8.89. The molecule has 62 heavy (non-hydrogen) atoms. The van der Waals surface area contributed by atoms with Crippen molar-refractivity contribution in [3.05, 3.63) is 215 Å². The first-order chi connectivity index (χ1) is 30.0. The molecule has 0 aliphatic rings. The predicted octanol–water partition coefficient (Wildman–Crippen LogP) is 15.4. The molecule has 6 rings (SSSR count). The summed E-state index contributed by atoms with van der Waals surface area (Å²) in [5, 5.41) is 1.10. The molecule has 0 bridgehead atoms. The molecule has 0 radical (unpaired) electrons. The zero-order valence-corrected chi connectivity index (χ0v) is 42.5. The molecule has 0 spiro atoms. The van der Waals surface area contributed by atoms with Crippen LogP contribution in [0.5, 0.6) is 0 Å². The van der Waals surface area contributed by atoms with E-state index >= 15 is 0 Å². The zero-order valence-electron chi connectivity index (χ0n) is 35.9. The van der Waals surface area contributed by atoms with Crippen LogP contribution in [-0.4, -0.2) is 38.2 Å². The summed E-state index contributed by atoms with van der Waals surface area (Å²) in [5.41, 5.74) is 7.52. The Hall–Kier alpha value is -3.26. The molecule has 0 aliphatic carbocycles. The predicted molar refractivity (Wildman–Crippen MR) is 294 cm³/mol. The van der Waals surface area contributed by atoms with Gasteiger partial charge in [0, 0.05) is 44.5 Å². The highest BCUT2D eigenvalue weighted by Gasteiger charge is 2.18. The maximum absolute atomic E-state index is 5.93. The lowest BCUT2D eigenvalue weighted by atomic mass is 10.2. The fourth-order valence-electron chi connectivity index (χ4n) is 5.74. The second kappa shape index (κ2) is 30.0. The van der Waals surface area contributed by atoms with Crippen LogP contribution in [0.2, 0.25) is 0 Å². The molecule has 0 aromatic heterocycles. The molecule has 6 aromatic rings. The Morgan fingerprint density at radius 1 is 0.371 bits per heavy atom. The van der Waals surface area contributed by atoms with E-state index in [1.807, 2.05) is 61.0 Å². The SMILES string of the molecule is CC(C)S.CC(C)SSC(=S)N(Cc1ccccc1)Cc1ccccc1.S=C(SSC(=S)N(Cc1ccccc1)Cc1ccccc1)N(Cc1ccccc1)Cc1ccccc1. The monoisotopic (exact) mass is 967 g/mol. The van der Waals surface area contributed by atoms with Gasteiger partial charge in [-0.15, -0.1) is 0 Å². The lowest BCUT2D eigenvalue weighted by Crippen LogP contribution is -2.28. The first-order valence-electron chi connectivity index (χ1n) is 20.5. The van der Waals surface area contributed by atoms with Crippen molar-refractivity contribution in [2.45, 2.75) is 77.5 Å². The van der Waals surface area contributed by atoms with Gasteiger partial charge in [-0.05, 0) is 71.0 Å². The van der Waals surface area contributed by atoms with Crippen LogP contribution in [0.3, 0.4) is 0 Å². The molecule has 0 unspecified atom stereocenters. The van der Waals surface area contributed by atoms with Crippen LogP contribution in [0.1, 0.15) is 61.1 Å². The summed E-state index contributed by atoms with van der Waals surface area (Å²) in [6.45, 7) is 13.2. The van der Waals surface area contributed by atoms with E-state index in [4.69, 9.17) is 36.7 Å². The number of hydrogen-bond donors (Lipinski definition) is 1. The first-order valence-corrected chi connectivity index (χ1v) is 26.6. The summed E-state index contributed by atoms with van der Waals surface area (Å²) in [5.74, 6) is 0. The highest BCUT2D eigenvalue weighted by atomic mass is 33.1. The van der Waals surface area contributed by atoms with Gasteiger partial charge in [0.05, 0.1) is 0 Å². The Morgan fingerprint density at radius 3 is 0.726 bits per heavy atom. The lowest BCUT2D eigenvalue weighted by molar-refractivity contribution is 0.421. The summed E-state index contributed by atoms with van der Waals surface area (Å²) in [6.07, 6.45) is 0. The fourth-order valence-corrected chi connectivity index (χ4v) is 10.4. The van der Waals surface area contributed by atoms with Gasteiger partial charge in [0.25, 0.3) is 0 Å². The third-order valence-electron chi connectivity index (χ3n) is 8.57. The van der Waals surface area contributed by atoms with Crippen molar-refractivity contribution in [1.82, 2.24) is 14.7 Å². The number of benzene rings is 6. The largest absolute Gasteiger partial charge is 0.348 e.